The minimum Gasteiger partial charge on any atom is -0.354 e. The summed E-state index contributed by atoms with van der Waals surface area (Å²) in [5.74, 6) is -0.436. The molecule has 1 unspecified atom stereocenters. The van der Waals surface area contributed by atoms with Crippen molar-refractivity contribution in [3.8, 4) is 0 Å². The third-order valence-electron chi connectivity index (χ3n) is 3.01. The van der Waals surface area contributed by atoms with Gasteiger partial charge in [0.05, 0.1) is 10.5 Å². The average molecular weight is 342 g/mol. The minimum atomic E-state index is -0.552. The summed E-state index contributed by atoms with van der Waals surface area (Å²) in [4.78, 5) is 33.3. The summed E-state index contributed by atoms with van der Waals surface area (Å²) < 4.78 is 0.487. The fourth-order valence-corrected chi connectivity index (χ4v) is 2.35. The van der Waals surface area contributed by atoms with Gasteiger partial charge in [0.25, 0.3) is 11.6 Å². The van der Waals surface area contributed by atoms with Crippen LogP contribution in [-0.4, -0.2) is 29.3 Å². The first-order valence-corrected chi connectivity index (χ1v) is 6.78. The van der Waals surface area contributed by atoms with E-state index < -0.39 is 10.8 Å². The average Bonchev–Trinajstić information content (AvgIpc) is 2.41. The molecule has 2 rings (SSSR count). The van der Waals surface area contributed by atoms with Gasteiger partial charge in [-0.2, -0.15) is 0 Å². The SMILES string of the molecule is O=C1CCC(NC(=O)c2cc([N+](=O)[O-])ccc2Br)CN1. The van der Waals surface area contributed by atoms with Gasteiger partial charge in [-0.3, -0.25) is 19.7 Å². The molecule has 1 atom stereocenters. The van der Waals surface area contributed by atoms with E-state index in [2.05, 4.69) is 26.6 Å². The van der Waals surface area contributed by atoms with Crippen LogP contribution < -0.4 is 10.6 Å². The first-order chi connectivity index (χ1) is 9.47. The zero-order valence-corrected chi connectivity index (χ0v) is 12.0. The van der Waals surface area contributed by atoms with Gasteiger partial charge < -0.3 is 10.6 Å². The largest absolute Gasteiger partial charge is 0.354 e. The van der Waals surface area contributed by atoms with Crippen molar-refractivity contribution in [3.05, 3.63) is 38.3 Å². The Morgan fingerprint density at radius 3 is 2.85 bits per heavy atom. The summed E-state index contributed by atoms with van der Waals surface area (Å²) in [7, 11) is 0. The van der Waals surface area contributed by atoms with Crippen LogP contribution in [0.25, 0.3) is 0 Å². The Morgan fingerprint density at radius 1 is 1.50 bits per heavy atom. The summed E-state index contributed by atoms with van der Waals surface area (Å²) in [6.45, 7) is 0.372. The van der Waals surface area contributed by atoms with Gasteiger partial charge in [-0.15, -0.1) is 0 Å². The van der Waals surface area contributed by atoms with Gasteiger partial charge in [-0.05, 0) is 28.4 Å². The molecule has 0 spiro atoms. The van der Waals surface area contributed by atoms with Crippen LogP contribution in [0.5, 0.6) is 0 Å². The number of rotatable bonds is 3. The summed E-state index contributed by atoms with van der Waals surface area (Å²) >= 11 is 3.20. The predicted molar refractivity (Wildman–Crippen MR) is 74.3 cm³/mol. The second-order valence-electron chi connectivity index (χ2n) is 4.43. The molecule has 2 amide bonds. The second kappa shape index (κ2) is 6.00. The molecule has 106 valence electrons. The minimum absolute atomic E-state index is 0.0352. The van der Waals surface area contributed by atoms with Gasteiger partial charge in [0, 0.05) is 35.6 Å². The maximum absolute atomic E-state index is 12.1. The predicted octanol–water partition coefficient (Wildman–Crippen LogP) is 1.37. The van der Waals surface area contributed by atoms with Gasteiger partial charge in [-0.25, -0.2) is 0 Å². The smallest absolute Gasteiger partial charge is 0.270 e. The number of nitrogens with one attached hydrogen (secondary N) is 2. The molecule has 0 bridgehead atoms. The lowest BCUT2D eigenvalue weighted by Crippen LogP contribution is -2.47. The molecule has 20 heavy (non-hydrogen) atoms. The van der Waals surface area contributed by atoms with Gasteiger partial charge in [0.1, 0.15) is 0 Å². The van der Waals surface area contributed by atoms with Crippen molar-refractivity contribution in [2.24, 2.45) is 0 Å². The number of non-ortho nitro benzene ring substituents is 1. The lowest BCUT2D eigenvalue weighted by molar-refractivity contribution is -0.384. The van der Waals surface area contributed by atoms with Crippen molar-refractivity contribution >= 4 is 33.4 Å². The fourth-order valence-electron chi connectivity index (χ4n) is 1.92. The van der Waals surface area contributed by atoms with Crippen LogP contribution in [0, 0.1) is 10.1 Å². The van der Waals surface area contributed by atoms with E-state index in [0.29, 0.717) is 23.9 Å². The highest BCUT2D eigenvalue weighted by molar-refractivity contribution is 9.10. The topological polar surface area (TPSA) is 101 Å². The Kier molecular flexibility index (Phi) is 4.33. The first kappa shape index (κ1) is 14.4. The summed E-state index contributed by atoms with van der Waals surface area (Å²) in [5.41, 5.74) is 0.0615. The number of nitro groups is 1. The van der Waals surface area contributed by atoms with E-state index in [4.69, 9.17) is 0 Å². The van der Waals surface area contributed by atoms with Gasteiger partial charge in [0.15, 0.2) is 0 Å². The summed E-state index contributed by atoms with van der Waals surface area (Å²) in [6, 6.07) is 3.85. The van der Waals surface area contributed by atoms with Crippen molar-refractivity contribution in [3.63, 3.8) is 0 Å². The molecule has 1 aromatic carbocycles. The normalized spacial score (nSPS) is 18.2. The highest BCUT2D eigenvalue weighted by atomic mass is 79.9. The van der Waals surface area contributed by atoms with Gasteiger partial charge >= 0.3 is 0 Å². The molecule has 2 N–H and O–H groups in total. The molecule has 0 saturated carbocycles. The third-order valence-corrected chi connectivity index (χ3v) is 3.70. The highest BCUT2D eigenvalue weighted by Gasteiger charge is 2.22. The summed E-state index contributed by atoms with van der Waals surface area (Å²) in [5, 5.41) is 16.1. The molecule has 1 saturated heterocycles. The van der Waals surface area contributed by atoms with Crippen LogP contribution in [0.3, 0.4) is 0 Å². The molecule has 0 aliphatic carbocycles. The number of nitro benzene ring substituents is 1. The van der Waals surface area contributed by atoms with Crippen LogP contribution in [0.2, 0.25) is 0 Å². The zero-order valence-electron chi connectivity index (χ0n) is 10.4. The number of carbonyl (C=O) groups is 2. The molecule has 1 aromatic rings. The Labute approximate surface area is 123 Å². The van der Waals surface area contributed by atoms with Crippen LogP contribution in [-0.2, 0) is 4.79 Å². The van der Waals surface area contributed by atoms with Crippen molar-refractivity contribution in [2.45, 2.75) is 18.9 Å². The Balaban J connectivity index is 2.10. The van der Waals surface area contributed by atoms with E-state index in [1.807, 2.05) is 0 Å². The van der Waals surface area contributed by atoms with E-state index in [1.165, 1.54) is 18.2 Å². The van der Waals surface area contributed by atoms with E-state index in [-0.39, 0.29) is 23.2 Å². The number of amides is 2. The highest BCUT2D eigenvalue weighted by Crippen LogP contribution is 2.22. The Hall–Kier alpha value is -1.96. The van der Waals surface area contributed by atoms with Crippen LogP contribution in [0.4, 0.5) is 5.69 Å². The maximum Gasteiger partial charge on any atom is 0.270 e. The Morgan fingerprint density at radius 2 is 2.25 bits per heavy atom. The van der Waals surface area contributed by atoms with Crippen LogP contribution in [0.1, 0.15) is 23.2 Å². The summed E-state index contributed by atoms with van der Waals surface area (Å²) in [6.07, 6.45) is 0.922. The van der Waals surface area contributed by atoms with Crippen molar-refractivity contribution in [2.75, 3.05) is 6.54 Å². The van der Waals surface area contributed by atoms with Crippen LogP contribution in [0.15, 0.2) is 22.7 Å². The third kappa shape index (κ3) is 3.32. The molecule has 0 radical (unpaired) electrons. The number of nitrogens with zero attached hydrogens (tertiary/aromatic N) is 1. The van der Waals surface area contributed by atoms with Crippen molar-refractivity contribution < 1.29 is 14.5 Å². The molecule has 1 aliphatic heterocycles. The second-order valence-corrected chi connectivity index (χ2v) is 5.29. The molecular formula is C12H12BrN3O4. The lowest BCUT2D eigenvalue weighted by Gasteiger charge is -2.23. The van der Waals surface area contributed by atoms with Crippen LogP contribution >= 0.6 is 15.9 Å². The van der Waals surface area contributed by atoms with Gasteiger partial charge in [-0.1, -0.05) is 0 Å². The molecule has 1 heterocycles. The zero-order chi connectivity index (χ0) is 14.7. The molecule has 0 aromatic heterocycles. The first-order valence-electron chi connectivity index (χ1n) is 5.99. The van der Waals surface area contributed by atoms with Crippen molar-refractivity contribution in [1.29, 1.82) is 0 Å². The van der Waals surface area contributed by atoms with Gasteiger partial charge in [0.2, 0.25) is 5.91 Å². The number of benzene rings is 1. The van der Waals surface area contributed by atoms with Crippen molar-refractivity contribution in [1.82, 2.24) is 10.6 Å². The molecule has 1 aliphatic rings. The van der Waals surface area contributed by atoms with E-state index in [1.54, 1.807) is 0 Å². The number of piperidine rings is 1. The maximum atomic E-state index is 12.1. The standard InChI is InChI=1S/C12H12BrN3O4/c13-10-3-2-8(16(19)20)5-9(10)12(18)15-7-1-4-11(17)14-6-7/h2-3,5,7H,1,4,6H2,(H,14,17)(H,15,18). The number of halogens is 1. The quantitative estimate of drug-likeness (QED) is 0.640. The molecular weight excluding hydrogens is 330 g/mol. The molecule has 7 nitrogen and oxygen atoms in total. The van der Waals surface area contributed by atoms with E-state index >= 15 is 0 Å². The molecule has 8 heteroatoms. The molecule has 1 fully saturated rings. The van der Waals surface area contributed by atoms with E-state index in [9.17, 15) is 19.7 Å². The monoisotopic (exact) mass is 341 g/mol. The fraction of sp³-hybridized carbons (Fsp3) is 0.333. The number of hydrogen-bond acceptors (Lipinski definition) is 4. The Bertz CT molecular complexity index is 566. The van der Waals surface area contributed by atoms with E-state index in [0.717, 1.165) is 0 Å². The number of hydrogen-bond donors (Lipinski definition) is 2. The number of carbonyl (C=O) groups excluding carboxylic acids is 2. The lowest BCUT2D eigenvalue weighted by atomic mass is 10.1.